The van der Waals surface area contributed by atoms with Gasteiger partial charge in [-0.3, -0.25) is 4.79 Å². The van der Waals surface area contributed by atoms with Gasteiger partial charge in [0.1, 0.15) is 11.0 Å². The molecule has 4 nitrogen and oxygen atoms in total. The van der Waals surface area contributed by atoms with Gasteiger partial charge in [-0.1, -0.05) is 0 Å². The molecule has 92 valence electrons. The summed E-state index contributed by atoms with van der Waals surface area (Å²) in [4.78, 5) is 11.7. The summed E-state index contributed by atoms with van der Waals surface area (Å²) in [7, 11) is 0. The summed E-state index contributed by atoms with van der Waals surface area (Å²) in [6, 6.07) is 0. The molecule has 0 unspecified atom stereocenters. The summed E-state index contributed by atoms with van der Waals surface area (Å²) in [5.41, 5.74) is -2.79. The van der Waals surface area contributed by atoms with Gasteiger partial charge in [-0.25, -0.2) is 8.78 Å². The molecule has 0 spiro atoms. The molecule has 2 fully saturated rings. The Hall–Kier alpha value is -0.750. The van der Waals surface area contributed by atoms with Gasteiger partial charge in [0.15, 0.2) is 0 Å². The van der Waals surface area contributed by atoms with Crippen molar-refractivity contribution in [2.45, 2.75) is 31.3 Å². The summed E-state index contributed by atoms with van der Waals surface area (Å²) in [5, 5.41) is 12.9. The summed E-state index contributed by atoms with van der Waals surface area (Å²) < 4.78 is 30.8. The molecule has 0 aromatic heterocycles. The molecule has 6 heteroatoms. The predicted molar refractivity (Wildman–Crippen MR) is 51.1 cm³/mol. The highest BCUT2D eigenvalue weighted by atomic mass is 19.3. The Bertz CT molecular complexity index is 307. The van der Waals surface area contributed by atoms with Crippen LogP contribution < -0.4 is 5.32 Å². The van der Waals surface area contributed by atoms with E-state index in [2.05, 4.69) is 5.32 Å². The molecule has 1 aliphatic carbocycles. The van der Waals surface area contributed by atoms with E-state index < -0.39 is 35.7 Å². The number of halogens is 2. The van der Waals surface area contributed by atoms with Crippen molar-refractivity contribution in [1.82, 2.24) is 5.32 Å². The van der Waals surface area contributed by atoms with E-state index in [9.17, 15) is 18.7 Å². The number of nitrogens with one attached hydrogen (secondary N) is 1. The summed E-state index contributed by atoms with van der Waals surface area (Å²) in [6.07, 6.45) is -1.23. The monoisotopic (exact) mass is 235 g/mol. The van der Waals surface area contributed by atoms with Crippen LogP contribution >= 0.6 is 0 Å². The maximum atomic E-state index is 13.0. The number of ether oxygens (including phenoxy) is 1. The first kappa shape index (κ1) is 11.7. The minimum atomic E-state index is -2.86. The number of carbonyl (C=O) groups is 1. The van der Waals surface area contributed by atoms with Crippen molar-refractivity contribution in [3.05, 3.63) is 0 Å². The zero-order valence-corrected chi connectivity index (χ0v) is 9.06. The zero-order valence-electron chi connectivity index (χ0n) is 9.06. The number of β-amino-alcohol motifs (C(OH)–C–C–N with tert-alkyl or cyclic N) is 1. The van der Waals surface area contributed by atoms with Crippen LogP contribution in [0.25, 0.3) is 0 Å². The minimum Gasteiger partial charge on any atom is -0.465 e. The van der Waals surface area contributed by atoms with Crippen LogP contribution in [0.3, 0.4) is 0 Å². The highest BCUT2D eigenvalue weighted by Crippen LogP contribution is 2.59. The van der Waals surface area contributed by atoms with E-state index in [1.165, 1.54) is 0 Å². The normalized spacial score (nSPS) is 28.8. The zero-order chi connectivity index (χ0) is 12.0. The van der Waals surface area contributed by atoms with E-state index in [1.807, 2.05) is 0 Å². The molecule has 0 aromatic rings. The van der Waals surface area contributed by atoms with E-state index in [1.54, 1.807) is 6.92 Å². The second-order valence-corrected chi connectivity index (χ2v) is 4.65. The van der Waals surface area contributed by atoms with Gasteiger partial charge in [-0.05, 0) is 6.92 Å². The lowest BCUT2D eigenvalue weighted by atomic mass is 9.54. The van der Waals surface area contributed by atoms with Gasteiger partial charge in [0.05, 0.1) is 6.61 Å². The third-order valence-electron chi connectivity index (χ3n) is 3.51. The number of alkyl halides is 2. The molecule has 16 heavy (non-hydrogen) atoms. The summed E-state index contributed by atoms with van der Waals surface area (Å²) in [5.74, 6) is -3.57. The number of hydrogen-bond donors (Lipinski definition) is 2. The average Bonchev–Trinajstić information content (AvgIpc) is 2.10. The van der Waals surface area contributed by atoms with Gasteiger partial charge in [0, 0.05) is 25.9 Å². The van der Waals surface area contributed by atoms with E-state index in [-0.39, 0.29) is 19.7 Å². The van der Waals surface area contributed by atoms with Gasteiger partial charge in [-0.2, -0.15) is 0 Å². The molecule has 1 saturated carbocycles. The topological polar surface area (TPSA) is 58.6 Å². The number of rotatable bonds is 3. The Kier molecular flexibility index (Phi) is 2.47. The number of carbonyl (C=O) groups excluding carboxylic acids is 1. The standard InChI is InChI=1S/C10H15F2NO3/c1-2-16-7(14)8(3-10(11,12)4-8)9(15)5-13-6-9/h13,15H,2-6H2,1H3. The van der Waals surface area contributed by atoms with Crippen LogP contribution in [0.2, 0.25) is 0 Å². The van der Waals surface area contributed by atoms with Crippen molar-refractivity contribution in [2.24, 2.45) is 5.41 Å². The second kappa shape index (κ2) is 3.37. The highest BCUT2D eigenvalue weighted by molar-refractivity contribution is 5.80. The first-order chi connectivity index (χ1) is 7.35. The van der Waals surface area contributed by atoms with Crippen molar-refractivity contribution in [3.63, 3.8) is 0 Å². The smallest absolute Gasteiger partial charge is 0.315 e. The van der Waals surface area contributed by atoms with Gasteiger partial charge in [0.25, 0.3) is 5.92 Å². The number of hydrogen-bond acceptors (Lipinski definition) is 4. The van der Waals surface area contributed by atoms with E-state index >= 15 is 0 Å². The molecule has 2 rings (SSSR count). The van der Waals surface area contributed by atoms with Crippen molar-refractivity contribution in [1.29, 1.82) is 0 Å². The van der Waals surface area contributed by atoms with Crippen LogP contribution in [0, 0.1) is 5.41 Å². The quantitative estimate of drug-likeness (QED) is 0.691. The summed E-state index contributed by atoms with van der Waals surface area (Å²) in [6.45, 7) is 2.09. The first-order valence-corrected chi connectivity index (χ1v) is 5.33. The Labute approximate surface area is 92.0 Å². The van der Waals surface area contributed by atoms with Crippen LogP contribution in [0.1, 0.15) is 19.8 Å². The van der Waals surface area contributed by atoms with Crippen molar-refractivity contribution in [3.8, 4) is 0 Å². The summed E-state index contributed by atoms with van der Waals surface area (Å²) >= 11 is 0. The lowest BCUT2D eigenvalue weighted by molar-refractivity contribution is -0.256. The molecule has 1 heterocycles. The molecule has 0 bridgehead atoms. The van der Waals surface area contributed by atoms with Crippen molar-refractivity contribution < 1.29 is 23.4 Å². The molecule has 0 atom stereocenters. The van der Waals surface area contributed by atoms with Gasteiger partial charge < -0.3 is 15.2 Å². The third kappa shape index (κ3) is 1.43. The Balaban J connectivity index is 2.19. The van der Waals surface area contributed by atoms with E-state index in [0.29, 0.717) is 0 Å². The van der Waals surface area contributed by atoms with Crippen LogP contribution in [-0.2, 0) is 9.53 Å². The Morgan fingerprint density at radius 1 is 1.44 bits per heavy atom. The third-order valence-corrected chi connectivity index (χ3v) is 3.51. The van der Waals surface area contributed by atoms with Gasteiger partial charge >= 0.3 is 5.97 Å². The molecule has 2 N–H and O–H groups in total. The van der Waals surface area contributed by atoms with Crippen LogP contribution in [-0.4, -0.2) is 42.3 Å². The second-order valence-electron chi connectivity index (χ2n) is 4.65. The first-order valence-electron chi connectivity index (χ1n) is 5.33. The van der Waals surface area contributed by atoms with E-state index in [0.717, 1.165) is 0 Å². The Morgan fingerprint density at radius 2 is 2.00 bits per heavy atom. The molecular formula is C10H15F2NO3. The van der Waals surface area contributed by atoms with E-state index in [4.69, 9.17) is 4.74 Å². The highest BCUT2D eigenvalue weighted by Gasteiger charge is 2.72. The lowest BCUT2D eigenvalue weighted by Gasteiger charge is -2.57. The fourth-order valence-electron chi connectivity index (χ4n) is 2.46. The molecule has 0 aromatic carbocycles. The molecule has 0 radical (unpaired) electrons. The average molecular weight is 235 g/mol. The van der Waals surface area contributed by atoms with Gasteiger partial charge in [-0.15, -0.1) is 0 Å². The van der Waals surface area contributed by atoms with Crippen LogP contribution in [0.15, 0.2) is 0 Å². The molecule has 1 saturated heterocycles. The maximum absolute atomic E-state index is 13.0. The van der Waals surface area contributed by atoms with Gasteiger partial charge in [0.2, 0.25) is 0 Å². The van der Waals surface area contributed by atoms with Crippen molar-refractivity contribution >= 4 is 5.97 Å². The van der Waals surface area contributed by atoms with Crippen LogP contribution in [0.4, 0.5) is 8.78 Å². The largest absolute Gasteiger partial charge is 0.465 e. The maximum Gasteiger partial charge on any atom is 0.315 e. The fraction of sp³-hybridized carbons (Fsp3) is 0.900. The minimum absolute atomic E-state index is 0.135. The van der Waals surface area contributed by atoms with Crippen molar-refractivity contribution in [2.75, 3.05) is 19.7 Å². The molecule has 0 amide bonds. The van der Waals surface area contributed by atoms with Crippen LogP contribution in [0.5, 0.6) is 0 Å². The number of esters is 1. The molecule has 2 aliphatic rings. The molecule has 1 aliphatic heterocycles. The SMILES string of the molecule is CCOC(=O)C1(C2(O)CNC2)CC(F)(F)C1. The Morgan fingerprint density at radius 3 is 2.31 bits per heavy atom. The fourth-order valence-corrected chi connectivity index (χ4v) is 2.46. The lowest BCUT2D eigenvalue weighted by Crippen LogP contribution is -2.76. The predicted octanol–water partition coefficient (Wildman–Crippen LogP) is 0.299. The number of aliphatic hydroxyl groups is 1. The molecular weight excluding hydrogens is 220 g/mol.